The van der Waals surface area contributed by atoms with E-state index in [9.17, 15) is 4.79 Å². The average molecular weight is 396 g/mol. The fourth-order valence-corrected chi connectivity index (χ4v) is 3.13. The molecule has 8 heteroatoms. The standard InChI is InChI=1S/C21H29N7O/c1-13-9-7-8-10-16(13)28-19-17(14(2)27-28)18(24-15(3)25-19)22-11-12-23-20(29)26-21(4,5)6/h7-10H,11-12H2,1-6H3,(H,22,24,25)(H2,23,26,29). The van der Waals surface area contributed by atoms with Crippen LogP contribution in [0.15, 0.2) is 24.3 Å². The van der Waals surface area contributed by atoms with Crippen molar-refractivity contribution in [3.05, 3.63) is 41.3 Å². The van der Waals surface area contributed by atoms with Crippen LogP contribution in [-0.4, -0.2) is 44.4 Å². The van der Waals surface area contributed by atoms with E-state index in [-0.39, 0.29) is 11.6 Å². The van der Waals surface area contributed by atoms with Gasteiger partial charge in [0.05, 0.1) is 16.8 Å². The molecule has 0 saturated carbocycles. The lowest BCUT2D eigenvalue weighted by atomic mass is 10.1. The third kappa shape index (κ3) is 4.82. The molecule has 0 spiro atoms. The lowest BCUT2D eigenvalue weighted by Crippen LogP contribution is -2.47. The first kappa shape index (κ1) is 20.6. The number of carbonyl (C=O) groups is 1. The van der Waals surface area contributed by atoms with Crippen LogP contribution < -0.4 is 16.0 Å². The number of amides is 2. The normalized spacial score (nSPS) is 11.5. The summed E-state index contributed by atoms with van der Waals surface area (Å²) in [5.74, 6) is 1.39. The van der Waals surface area contributed by atoms with Crippen LogP contribution in [0.25, 0.3) is 16.7 Å². The number of aryl methyl sites for hydroxylation is 3. The molecule has 0 aliphatic carbocycles. The van der Waals surface area contributed by atoms with Gasteiger partial charge in [-0.15, -0.1) is 0 Å². The summed E-state index contributed by atoms with van der Waals surface area (Å²) in [6, 6.07) is 7.90. The van der Waals surface area contributed by atoms with E-state index >= 15 is 0 Å². The Kier molecular flexibility index (Phi) is 5.72. The van der Waals surface area contributed by atoms with Crippen LogP contribution in [-0.2, 0) is 0 Å². The molecular formula is C21H29N7O. The van der Waals surface area contributed by atoms with Crippen LogP contribution in [0.4, 0.5) is 10.6 Å². The van der Waals surface area contributed by atoms with Gasteiger partial charge in [0.15, 0.2) is 5.65 Å². The van der Waals surface area contributed by atoms with Crippen molar-refractivity contribution in [2.45, 2.75) is 47.1 Å². The summed E-state index contributed by atoms with van der Waals surface area (Å²) in [6.45, 7) is 12.7. The van der Waals surface area contributed by atoms with Gasteiger partial charge in [0.25, 0.3) is 0 Å². The molecular weight excluding hydrogens is 366 g/mol. The molecule has 2 amide bonds. The van der Waals surface area contributed by atoms with Gasteiger partial charge in [-0.25, -0.2) is 19.4 Å². The van der Waals surface area contributed by atoms with Crippen LogP contribution in [0.3, 0.4) is 0 Å². The molecule has 154 valence electrons. The van der Waals surface area contributed by atoms with E-state index in [0.717, 1.165) is 33.8 Å². The maximum Gasteiger partial charge on any atom is 0.315 e. The number of nitrogens with one attached hydrogen (secondary N) is 3. The average Bonchev–Trinajstić information content (AvgIpc) is 2.94. The highest BCUT2D eigenvalue weighted by molar-refractivity contribution is 5.90. The van der Waals surface area contributed by atoms with Crippen molar-refractivity contribution >= 4 is 22.9 Å². The Morgan fingerprint density at radius 1 is 1.07 bits per heavy atom. The van der Waals surface area contributed by atoms with Gasteiger partial charge in [0.2, 0.25) is 0 Å². The highest BCUT2D eigenvalue weighted by atomic mass is 16.2. The Morgan fingerprint density at radius 3 is 2.48 bits per heavy atom. The van der Waals surface area contributed by atoms with Crippen molar-refractivity contribution in [1.29, 1.82) is 0 Å². The first-order valence-corrected chi connectivity index (χ1v) is 9.75. The third-order valence-corrected chi connectivity index (χ3v) is 4.35. The minimum Gasteiger partial charge on any atom is -0.368 e. The Balaban J connectivity index is 1.81. The van der Waals surface area contributed by atoms with Crippen LogP contribution >= 0.6 is 0 Å². The Hall–Kier alpha value is -3.16. The number of benzene rings is 1. The highest BCUT2D eigenvalue weighted by Crippen LogP contribution is 2.27. The predicted octanol–water partition coefficient (Wildman–Crippen LogP) is 3.25. The number of hydrogen-bond donors (Lipinski definition) is 3. The molecule has 1 aromatic carbocycles. The second kappa shape index (κ2) is 8.06. The maximum absolute atomic E-state index is 11.9. The lowest BCUT2D eigenvalue weighted by Gasteiger charge is -2.20. The van der Waals surface area contributed by atoms with Gasteiger partial charge in [-0.05, 0) is 53.2 Å². The molecule has 3 N–H and O–H groups in total. The quantitative estimate of drug-likeness (QED) is 0.576. The van der Waals surface area contributed by atoms with E-state index in [0.29, 0.717) is 18.9 Å². The Labute approximate surface area is 171 Å². The molecule has 8 nitrogen and oxygen atoms in total. The summed E-state index contributed by atoms with van der Waals surface area (Å²) in [5, 5.41) is 14.6. The number of aromatic nitrogens is 4. The molecule has 2 aromatic heterocycles. The second-order valence-electron chi connectivity index (χ2n) is 8.16. The van der Waals surface area contributed by atoms with Gasteiger partial charge in [-0.3, -0.25) is 0 Å². The van der Waals surface area contributed by atoms with E-state index in [2.05, 4.69) is 38.9 Å². The van der Waals surface area contributed by atoms with Crippen LogP contribution in [0.5, 0.6) is 0 Å². The van der Waals surface area contributed by atoms with Crippen molar-refractivity contribution in [3.8, 4) is 5.69 Å². The van der Waals surface area contributed by atoms with Crippen molar-refractivity contribution in [3.63, 3.8) is 0 Å². The summed E-state index contributed by atoms with van der Waals surface area (Å²) in [4.78, 5) is 21.1. The summed E-state index contributed by atoms with van der Waals surface area (Å²) >= 11 is 0. The molecule has 3 aromatic rings. The zero-order chi connectivity index (χ0) is 21.2. The zero-order valence-corrected chi connectivity index (χ0v) is 17.9. The molecule has 0 aliphatic heterocycles. The largest absolute Gasteiger partial charge is 0.368 e. The number of rotatable bonds is 5. The summed E-state index contributed by atoms with van der Waals surface area (Å²) in [6.07, 6.45) is 0. The van der Waals surface area contributed by atoms with Gasteiger partial charge in [0, 0.05) is 18.6 Å². The Bertz CT molecular complexity index is 1030. The van der Waals surface area contributed by atoms with E-state index in [1.54, 1.807) is 0 Å². The van der Waals surface area contributed by atoms with E-state index in [1.807, 2.05) is 57.5 Å². The van der Waals surface area contributed by atoms with E-state index in [4.69, 9.17) is 5.10 Å². The topological polar surface area (TPSA) is 96.8 Å². The monoisotopic (exact) mass is 395 g/mol. The molecule has 0 atom stereocenters. The number of carbonyl (C=O) groups excluding carboxylic acids is 1. The van der Waals surface area contributed by atoms with Crippen LogP contribution in [0.1, 0.15) is 37.9 Å². The summed E-state index contributed by atoms with van der Waals surface area (Å²) < 4.78 is 1.87. The fraction of sp³-hybridized carbons (Fsp3) is 0.429. The molecule has 0 saturated heterocycles. The maximum atomic E-state index is 11.9. The highest BCUT2D eigenvalue weighted by Gasteiger charge is 2.17. The van der Waals surface area contributed by atoms with Crippen molar-refractivity contribution in [1.82, 2.24) is 30.4 Å². The van der Waals surface area contributed by atoms with Crippen molar-refractivity contribution in [2.24, 2.45) is 0 Å². The van der Waals surface area contributed by atoms with E-state index in [1.165, 1.54) is 0 Å². The number of hydrogen-bond acceptors (Lipinski definition) is 5. The van der Waals surface area contributed by atoms with Gasteiger partial charge in [-0.2, -0.15) is 5.10 Å². The van der Waals surface area contributed by atoms with Crippen LogP contribution in [0, 0.1) is 20.8 Å². The molecule has 0 radical (unpaired) electrons. The molecule has 0 aliphatic rings. The molecule has 3 rings (SSSR count). The first-order valence-electron chi connectivity index (χ1n) is 9.75. The van der Waals surface area contributed by atoms with Crippen LogP contribution in [0.2, 0.25) is 0 Å². The second-order valence-corrected chi connectivity index (χ2v) is 8.16. The van der Waals surface area contributed by atoms with Crippen molar-refractivity contribution < 1.29 is 4.79 Å². The molecule has 2 heterocycles. The number of fused-ring (bicyclic) bond motifs is 1. The van der Waals surface area contributed by atoms with Crippen molar-refractivity contribution in [2.75, 3.05) is 18.4 Å². The van der Waals surface area contributed by atoms with Gasteiger partial charge in [0.1, 0.15) is 11.6 Å². The molecule has 29 heavy (non-hydrogen) atoms. The number of urea groups is 1. The fourth-order valence-electron chi connectivity index (χ4n) is 3.13. The van der Waals surface area contributed by atoms with Gasteiger partial charge >= 0.3 is 6.03 Å². The van der Waals surface area contributed by atoms with Gasteiger partial charge < -0.3 is 16.0 Å². The molecule has 0 fully saturated rings. The summed E-state index contributed by atoms with van der Waals surface area (Å²) in [5.41, 5.74) is 3.47. The van der Waals surface area contributed by atoms with Gasteiger partial charge in [-0.1, -0.05) is 18.2 Å². The zero-order valence-electron chi connectivity index (χ0n) is 17.9. The lowest BCUT2D eigenvalue weighted by molar-refractivity contribution is 0.232. The Morgan fingerprint density at radius 2 is 1.79 bits per heavy atom. The third-order valence-electron chi connectivity index (χ3n) is 4.35. The number of para-hydroxylation sites is 1. The molecule has 0 unspecified atom stereocenters. The SMILES string of the molecule is Cc1nc(NCCNC(=O)NC(C)(C)C)c2c(C)nn(-c3ccccc3C)c2n1. The molecule has 0 bridgehead atoms. The number of anilines is 1. The first-order chi connectivity index (χ1) is 13.7. The minimum absolute atomic E-state index is 0.188. The minimum atomic E-state index is -0.269. The summed E-state index contributed by atoms with van der Waals surface area (Å²) in [7, 11) is 0. The number of nitrogens with zero attached hydrogens (tertiary/aromatic N) is 4. The smallest absolute Gasteiger partial charge is 0.315 e. The van der Waals surface area contributed by atoms with E-state index < -0.39 is 0 Å². The predicted molar refractivity (Wildman–Crippen MR) is 116 cm³/mol.